The lowest BCUT2D eigenvalue weighted by atomic mass is 9.92. The average molecular weight is 299 g/mol. The Morgan fingerprint density at radius 2 is 2.10 bits per heavy atom. The highest BCUT2D eigenvalue weighted by Crippen LogP contribution is 2.33. The van der Waals surface area contributed by atoms with Crippen LogP contribution in [0.3, 0.4) is 0 Å². The second-order valence-corrected chi connectivity index (χ2v) is 4.75. The van der Waals surface area contributed by atoms with Crippen LogP contribution in [0.1, 0.15) is 24.3 Å². The lowest BCUT2D eigenvalue weighted by Gasteiger charge is -2.26. The number of benzene rings is 1. The molecule has 2 rings (SSSR count). The van der Waals surface area contributed by atoms with Crippen molar-refractivity contribution in [3.05, 3.63) is 29.8 Å². The molecule has 1 aromatic rings. The van der Waals surface area contributed by atoms with Gasteiger partial charge in [0.15, 0.2) is 0 Å². The van der Waals surface area contributed by atoms with Gasteiger partial charge in [0.05, 0.1) is 12.5 Å². The Kier molecular flexibility index (Phi) is 4.72. The fourth-order valence-corrected chi connectivity index (χ4v) is 2.29. The molecule has 5 nitrogen and oxygen atoms in total. The number of hydrogen-bond donors (Lipinski definition) is 2. The van der Waals surface area contributed by atoms with Gasteiger partial charge in [0.1, 0.15) is 11.8 Å². The van der Waals surface area contributed by atoms with Crippen LogP contribution in [0.2, 0.25) is 0 Å². The summed E-state index contributed by atoms with van der Waals surface area (Å²) in [6, 6.07) is 5.33. The predicted octanol–water partition coefficient (Wildman–Crippen LogP) is 1.78. The molecule has 1 amide bonds. The van der Waals surface area contributed by atoms with E-state index in [1.165, 1.54) is 0 Å². The van der Waals surface area contributed by atoms with Gasteiger partial charge in [-0.25, -0.2) is 13.6 Å². The molecule has 7 heteroatoms. The SMILES string of the molecule is O=C(O)C(CC(F)F)NC(=O)C1CCOc2ccccc21. The number of rotatable bonds is 5. The largest absolute Gasteiger partial charge is 0.493 e. The fourth-order valence-electron chi connectivity index (χ4n) is 2.29. The number of carbonyl (C=O) groups excluding carboxylic acids is 1. The first kappa shape index (κ1) is 15.2. The molecule has 0 spiro atoms. The third-order valence-corrected chi connectivity index (χ3v) is 3.30. The van der Waals surface area contributed by atoms with Crippen molar-refractivity contribution in [2.75, 3.05) is 6.61 Å². The van der Waals surface area contributed by atoms with E-state index in [-0.39, 0.29) is 0 Å². The number of alkyl halides is 2. The van der Waals surface area contributed by atoms with E-state index >= 15 is 0 Å². The molecule has 1 aliphatic rings. The third kappa shape index (κ3) is 3.68. The molecule has 2 unspecified atom stereocenters. The normalized spacial score (nSPS) is 18.5. The lowest BCUT2D eigenvalue weighted by Crippen LogP contribution is -2.44. The molecule has 0 bridgehead atoms. The van der Waals surface area contributed by atoms with Gasteiger partial charge in [-0.2, -0.15) is 0 Å². The Balaban J connectivity index is 2.12. The number of aliphatic carboxylic acids is 1. The van der Waals surface area contributed by atoms with Crippen LogP contribution >= 0.6 is 0 Å². The molecule has 0 aromatic heterocycles. The fraction of sp³-hybridized carbons (Fsp3) is 0.429. The Labute approximate surface area is 119 Å². The van der Waals surface area contributed by atoms with Gasteiger partial charge < -0.3 is 15.2 Å². The number of nitrogens with one attached hydrogen (secondary N) is 1. The zero-order valence-electron chi connectivity index (χ0n) is 11.1. The predicted molar refractivity (Wildman–Crippen MR) is 69.5 cm³/mol. The molecule has 1 heterocycles. The van der Waals surface area contributed by atoms with Crippen molar-refractivity contribution in [3.8, 4) is 5.75 Å². The summed E-state index contributed by atoms with van der Waals surface area (Å²) in [5.74, 6) is -2.07. The zero-order chi connectivity index (χ0) is 15.4. The first-order valence-electron chi connectivity index (χ1n) is 6.52. The summed E-state index contributed by atoms with van der Waals surface area (Å²) in [6.45, 7) is 0.321. The number of fused-ring (bicyclic) bond motifs is 1. The number of carboxylic acid groups (broad SMARTS) is 1. The van der Waals surface area contributed by atoms with Crippen molar-refractivity contribution in [1.82, 2.24) is 5.32 Å². The van der Waals surface area contributed by atoms with Crippen LogP contribution in [0.15, 0.2) is 24.3 Å². The summed E-state index contributed by atoms with van der Waals surface area (Å²) < 4.78 is 30.1. The molecule has 0 fully saturated rings. The van der Waals surface area contributed by atoms with Gasteiger partial charge in [-0.05, 0) is 12.5 Å². The van der Waals surface area contributed by atoms with Gasteiger partial charge in [0, 0.05) is 12.0 Å². The van der Waals surface area contributed by atoms with E-state index in [4.69, 9.17) is 9.84 Å². The molecule has 2 atom stereocenters. The van der Waals surface area contributed by atoms with Crippen molar-refractivity contribution < 1.29 is 28.2 Å². The summed E-state index contributed by atoms with van der Waals surface area (Å²) in [7, 11) is 0. The van der Waals surface area contributed by atoms with Gasteiger partial charge in [0.25, 0.3) is 0 Å². The van der Waals surface area contributed by atoms with E-state index in [2.05, 4.69) is 5.32 Å². The Hall–Kier alpha value is -2.18. The summed E-state index contributed by atoms with van der Waals surface area (Å²) in [6.07, 6.45) is -3.33. The number of ether oxygens (including phenoxy) is 1. The second kappa shape index (κ2) is 6.51. The van der Waals surface area contributed by atoms with Crippen LogP contribution in [0, 0.1) is 0 Å². The van der Waals surface area contributed by atoms with Gasteiger partial charge in [-0.15, -0.1) is 0 Å². The highest BCUT2D eigenvalue weighted by atomic mass is 19.3. The van der Waals surface area contributed by atoms with Crippen molar-refractivity contribution in [2.45, 2.75) is 31.2 Å². The number of carboxylic acids is 1. The van der Waals surface area contributed by atoms with Crippen molar-refractivity contribution in [1.29, 1.82) is 0 Å². The highest BCUT2D eigenvalue weighted by molar-refractivity contribution is 5.88. The van der Waals surface area contributed by atoms with E-state index in [0.29, 0.717) is 24.3 Å². The van der Waals surface area contributed by atoms with E-state index in [0.717, 1.165) is 0 Å². The van der Waals surface area contributed by atoms with Crippen LogP contribution in [0.25, 0.3) is 0 Å². The minimum Gasteiger partial charge on any atom is -0.493 e. The van der Waals surface area contributed by atoms with Crippen molar-refractivity contribution >= 4 is 11.9 Å². The maximum Gasteiger partial charge on any atom is 0.326 e. The topological polar surface area (TPSA) is 75.6 Å². The second-order valence-electron chi connectivity index (χ2n) is 4.75. The maximum atomic E-state index is 12.3. The molecular formula is C14H15F2NO4. The van der Waals surface area contributed by atoms with Crippen LogP contribution in [0.4, 0.5) is 8.78 Å². The summed E-state index contributed by atoms with van der Waals surface area (Å²) in [5, 5.41) is 11.1. The van der Waals surface area contributed by atoms with E-state index in [1.54, 1.807) is 24.3 Å². The van der Waals surface area contributed by atoms with E-state index in [9.17, 15) is 18.4 Å². The minimum absolute atomic E-state index is 0.321. The van der Waals surface area contributed by atoms with Crippen LogP contribution in [-0.2, 0) is 9.59 Å². The first-order chi connectivity index (χ1) is 9.99. The van der Waals surface area contributed by atoms with Crippen LogP contribution in [0.5, 0.6) is 5.75 Å². The number of hydrogen-bond acceptors (Lipinski definition) is 3. The van der Waals surface area contributed by atoms with Gasteiger partial charge >= 0.3 is 5.97 Å². The summed E-state index contributed by atoms with van der Waals surface area (Å²) in [5.41, 5.74) is 0.641. The standard InChI is InChI=1S/C14H15F2NO4/c15-12(16)7-10(14(19)20)17-13(18)9-5-6-21-11-4-2-1-3-8(9)11/h1-4,9-10,12H,5-7H2,(H,17,18)(H,19,20). The molecule has 1 aromatic carbocycles. The van der Waals surface area contributed by atoms with E-state index in [1.807, 2.05) is 0 Å². The van der Waals surface area contributed by atoms with Crippen LogP contribution < -0.4 is 10.1 Å². The minimum atomic E-state index is -2.80. The monoisotopic (exact) mass is 299 g/mol. The molecule has 114 valence electrons. The maximum absolute atomic E-state index is 12.3. The third-order valence-electron chi connectivity index (χ3n) is 3.30. The summed E-state index contributed by atoms with van der Waals surface area (Å²) in [4.78, 5) is 23.1. The first-order valence-corrected chi connectivity index (χ1v) is 6.52. The quantitative estimate of drug-likeness (QED) is 0.869. The summed E-state index contributed by atoms with van der Waals surface area (Å²) >= 11 is 0. The molecule has 0 radical (unpaired) electrons. The molecule has 0 saturated heterocycles. The Morgan fingerprint density at radius 1 is 1.38 bits per heavy atom. The molecular weight excluding hydrogens is 284 g/mol. The van der Waals surface area contributed by atoms with Gasteiger partial charge in [-0.3, -0.25) is 4.79 Å². The number of amides is 1. The van der Waals surface area contributed by atoms with Crippen LogP contribution in [-0.4, -0.2) is 36.1 Å². The molecule has 0 saturated carbocycles. The average Bonchev–Trinajstić information content (AvgIpc) is 2.45. The van der Waals surface area contributed by atoms with Gasteiger partial charge in [-0.1, -0.05) is 18.2 Å². The number of carbonyl (C=O) groups is 2. The van der Waals surface area contributed by atoms with Crippen molar-refractivity contribution in [3.63, 3.8) is 0 Å². The highest BCUT2D eigenvalue weighted by Gasteiger charge is 2.31. The molecule has 21 heavy (non-hydrogen) atoms. The molecule has 0 aliphatic carbocycles. The molecule has 1 aliphatic heterocycles. The lowest BCUT2D eigenvalue weighted by molar-refractivity contribution is -0.143. The van der Waals surface area contributed by atoms with Crippen molar-refractivity contribution in [2.24, 2.45) is 0 Å². The van der Waals surface area contributed by atoms with E-state index < -0.39 is 36.7 Å². The zero-order valence-corrected chi connectivity index (χ0v) is 11.1. The number of para-hydroxylation sites is 1. The van der Waals surface area contributed by atoms with Gasteiger partial charge in [0.2, 0.25) is 12.3 Å². The number of halogens is 2. The molecule has 2 N–H and O–H groups in total. The smallest absolute Gasteiger partial charge is 0.326 e. The Bertz CT molecular complexity index is 535. The Morgan fingerprint density at radius 3 is 2.76 bits per heavy atom.